The molecule has 110 valence electrons. The van der Waals surface area contributed by atoms with Gasteiger partial charge in [0.15, 0.2) is 0 Å². The fraction of sp³-hybridized carbons (Fsp3) is 0.588. The van der Waals surface area contributed by atoms with E-state index >= 15 is 0 Å². The molecule has 1 N–H and O–H groups in total. The lowest BCUT2D eigenvalue weighted by Gasteiger charge is -2.37. The molecule has 1 aliphatic carbocycles. The Morgan fingerprint density at radius 2 is 2.00 bits per heavy atom. The van der Waals surface area contributed by atoms with Crippen molar-refractivity contribution in [2.75, 3.05) is 13.2 Å². The Bertz CT molecular complexity index is 423. The lowest BCUT2D eigenvalue weighted by Crippen LogP contribution is -2.45. The summed E-state index contributed by atoms with van der Waals surface area (Å²) in [6, 6.07) is 8.29. The number of aliphatic hydroxyl groups excluding tert-OH is 1. The molecule has 0 saturated heterocycles. The Hall–Kier alpha value is -1.35. The van der Waals surface area contributed by atoms with Crippen LogP contribution in [0.2, 0.25) is 0 Å². The second-order valence-corrected chi connectivity index (χ2v) is 5.61. The van der Waals surface area contributed by atoms with E-state index in [-0.39, 0.29) is 12.5 Å². The number of rotatable bonds is 7. The highest BCUT2D eigenvalue weighted by molar-refractivity contribution is 5.94. The largest absolute Gasteiger partial charge is 0.395 e. The van der Waals surface area contributed by atoms with Gasteiger partial charge in [-0.25, -0.2) is 0 Å². The molecule has 0 heterocycles. The molecule has 0 aliphatic heterocycles. The third kappa shape index (κ3) is 3.60. The number of nitrogens with zero attached hydrogens (tertiary/aromatic N) is 1. The van der Waals surface area contributed by atoms with Gasteiger partial charge in [0.1, 0.15) is 0 Å². The zero-order chi connectivity index (χ0) is 14.4. The van der Waals surface area contributed by atoms with E-state index in [1.54, 1.807) is 0 Å². The second-order valence-electron chi connectivity index (χ2n) is 5.61. The van der Waals surface area contributed by atoms with Gasteiger partial charge >= 0.3 is 0 Å². The van der Waals surface area contributed by atoms with Gasteiger partial charge in [-0.1, -0.05) is 25.5 Å². The van der Waals surface area contributed by atoms with Gasteiger partial charge in [0.2, 0.25) is 0 Å². The van der Waals surface area contributed by atoms with Gasteiger partial charge in [-0.3, -0.25) is 4.79 Å². The van der Waals surface area contributed by atoms with Crippen molar-refractivity contribution in [3.63, 3.8) is 0 Å². The molecule has 2 rings (SSSR count). The van der Waals surface area contributed by atoms with Crippen LogP contribution in [0.1, 0.15) is 54.9 Å². The average Bonchev–Trinajstić information content (AvgIpc) is 2.42. The van der Waals surface area contributed by atoms with Crippen LogP contribution in [0.15, 0.2) is 24.3 Å². The maximum absolute atomic E-state index is 12.5. The van der Waals surface area contributed by atoms with Crippen molar-refractivity contribution in [2.45, 2.75) is 51.5 Å². The number of benzene rings is 1. The highest BCUT2D eigenvalue weighted by Gasteiger charge is 2.28. The summed E-state index contributed by atoms with van der Waals surface area (Å²) in [6.45, 7) is 2.67. The Balaban J connectivity index is 2.02. The molecule has 3 heteroatoms. The van der Waals surface area contributed by atoms with Crippen molar-refractivity contribution < 1.29 is 9.90 Å². The van der Waals surface area contributed by atoms with Crippen LogP contribution in [0, 0.1) is 0 Å². The van der Waals surface area contributed by atoms with E-state index in [0.29, 0.717) is 12.6 Å². The first-order chi connectivity index (χ1) is 9.76. The number of carbonyl (C=O) groups is 1. The molecular weight excluding hydrogens is 250 g/mol. The van der Waals surface area contributed by atoms with Gasteiger partial charge in [-0.05, 0) is 49.8 Å². The fourth-order valence-corrected chi connectivity index (χ4v) is 2.62. The SMILES string of the molecule is CCCCc1ccc(C(=O)N(CCO)C2CCC2)cc1. The van der Waals surface area contributed by atoms with Crippen LogP contribution in [0.3, 0.4) is 0 Å². The molecule has 0 unspecified atom stereocenters. The minimum Gasteiger partial charge on any atom is -0.395 e. The van der Waals surface area contributed by atoms with Gasteiger partial charge in [0.25, 0.3) is 5.91 Å². The summed E-state index contributed by atoms with van der Waals surface area (Å²) in [7, 11) is 0. The van der Waals surface area contributed by atoms with Gasteiger partial charge in [0, 0.05) is 18.2 Å². The van der Waals surface area contributed by atoms with E-state index in [1.807, 2.05) is 17.0 Å². The van der Waals surface area contributed by atoms with Gasteiger partial charge < -0.3 is 10.0 Å². The topological polar surface area (TPSA) is 40.5 Å². The Morgan fingerprint density at radius 1 is 1.30 bits per heavy atom. The first-order valence-electron chi connectivity index (χ1n) is 7.77. The first-order valence-corrected chi connectivity index (χ1v) is 7.77. The summed E-state index contributed by atoms with van der Waals surface area (Å²) >= 11 is 0. The van der Waals surface area contributed by atoms with Crippen molar-refractivity contribution in [3.05, 3.63) is 35.4 Å². The van der Waals surface area contributed by atoms with Crippen LogP contribution in [0.4, 0.5) is 0 Å². The first kappa shape index (κ1) is 15.0. The minimum atomic E-state index is 0.0385. The Labute approximate surface area is 121 Å². The van der Waals surface area contributed by atoms with Crippen LogP contribution >= 0.6 is 0 Å². The number of carbonyl (C=O) groups excluding carboxylic acids is 1. The number of unbranched alkanes of at least 4 members (excludes halogenated alkanes) is 1. The predicted octanol–water partition coefficient (Wildman–Crippen LogP) is 3.02. The van der Waals surface area contributed by atoms with Gasteiger partial charge in [-0.15, -0.1) is 0 Å². The van der Waals surface area contributed by atoms with Crippen molar-refractivity contribution >= 4 is 5.91 Å². The summed E-state index contributed by atoms with van der Waals surface area (Å²) in [5.74, 6) is 0.0609. The lowest BCUT2D eigenvalue weighted by molar-refractivity contribution is 0.0526. The molecule has 1 aliphatic rings. The maximum Gasteiger partial charge on any atom is 0.254 e. The highest BCUT2D eigenvalue weighted by Crippen LogP contribution is 2.26. The van der Waals surface area contributed by atoms with Crippen LogP contribution in [0.25, 0.3) is 0 Å². The third-order valence-corrected chi connectivity index (χ3v) is 4.14. The molecule has 0 radical (unpaired) electrons. The number of amides is 1. The Morgan fingerprint density at radius 3 is 2.50 bits per heavy atom. The van der Waals surface area contributed by atoms with Crippen LogP contribution in [0.5, 0.6) is 0 Å². The van der Waals surface area contributed by atoms with E-state index in [1.165, 1.54) is 24.8 Å². The zero-order valence-electron chi connectivity index (χ0n) is 12.3. The number of aliphatic hydroxyl groups is 1. The molecule has 1 fully saturated rings. The smallest absolute Gasteiger partial charge is 0.254 e. The normalized spacial score (nSPS) is 14.9. The zero-order valence-corrected chi connectivity index (χ0v) is 12.3. The molecule has 1 aromatic carbocycles. The van der Waals surface area contributed by atoms with E-state index < -0.39 is 0 Å². The van der Waals surface area contributed by atoms with E-state index in [4.69, 9.17) is 5.11 Å². The summed E-state index contributed by atoms with van der Waals surface area (Å²) in [4.78, 5) is 14.3. The summed E-state index contributed by atoms with van der Waals surface area (Å²) in [6.07, 6.45) is 6.78. The van der Waals surface area contributed by atoms with E-state index in [2.05, 4.69) is 19.1 Å². The molecule has 3 nitrogen and oxygen atoms in total. The number of aryl methyl sites for hydroxylation is 1. The van der Waals surface area contributed by atoms with Gasteiger partial charge in [0.05, 0.1) is 6.61 Å². The highest BCUT2D eigenvalue weighted by atomic mass is 16.3. The second kappa shape index (κ2) is 7.44. The monoisotopic (exact) mass is 275 g/mol. The molecule has 0 atom stereocenters. The van der Waals surface area contributed by atoms with Crippen LogP contribution in [-0.4, -0.2) is 35.1 Å². The standard InChI is InChI=1S/C17H25NO2/c1-2-3-5-14-8-10-15(11-9-14)17(20)18(12-13-19)16-6-4-7-16/h8-11,16,19H,2-7,12-13H2,1H3. The molecule has 0 aromatic heterocycles. The van der Waals surface area contributed by atoms with Crippen molar-refractivity contribution in [1.82, 2.24) is 4.90 Å². The predicted molar refractivity (Wildman–Crippen MR) is 80.8 cm³/mol. The van der Waals surface area contributed by atoms with Crippen molar-refractivity contribution in [1.29, 1.82) is 0 Å². The molecule has 20 heavy (non-hydrogen) atoms. The molecule has 0 spiro atoms. The molecule has 0 bridgehead atoms. The summed E-state index contributed by atoms with van der Waals surface area (Å²) in [5.41, 5.74) is 2.03. The van der Waals surface area contributed by atoms with Crippen LogP contribution < -0.4 is 0 Å². The third-order valence-electron chi connectivity index (χ3n) is 4.14. The maximum atomic E-state index is 12.5. The molecular formula is C17H25NO2. The number of hydrogen-bond donors (Lipinski definition) is 1. The van der Waals surface area contributed by atoms with Gasteiger partial charge in [-0.2, -0.15) is 0 Å². The summed E-state index contributed by atoms with van der Waals surface area (Å²) in [5, 5.41) is 9.15. The molecule has 1 amide bonds. The fourth-order valence-electron chi connectivity index (χ4n) is 2.62. The lowest BCUT2D eigenvalue weighted by atomic mass is 9.91. The summed E-state index contributed by atoms with van der Waals surface area (Å²) < 4.78 is 0. The van der Waals surface area contributed by atoms with Crippen LogP contribution in [-0.2, 0) is 6.42 Å². The van der Waals surface area contributed by atoms with Crippen molar-refractivity contribution in [3.8, 4) is 0 Å². The van der Waals surface area contributed by atoms with E-state index in [9.17, 15) is 4.79 Å². The quantitative estimate of drug-likeness (QED) is 0.831. The minimum absolute atomic E-state index is 0.0385. The van der Waals surface area contributed by atoms with E-state index in [0.717, 1.165) is 24.8 Å². The average molecular weight is 275 g/mol. The number of hydrogen-bond acceptors (Lipinski definition) is 2. The molecule has 1 saturated carbocycles. The molecule has 1 aromatic rings. The van der Waals surface area contributed by atoms with Crippen molar-refractivity contribution in [2.24, 2.45) is 0 Å². The Kier molecular flexibility index (Phi) is 5.60.